The average Bonchev–Trinajstić information content (AvgIpc) is 2.81. The molecule has 0 radical (unpaired) electrons. The van der Waals surface area contributed by atoms with Gasteiger partial charge in [0.25, 0.3) is 11.6 Å². The van der Waals surface area contributed by atoms with Crippen LogP contribution in [0.25, 0.3) is 53.0 Å². The van der Waals surface area contributed by atoms with Crippen LogP contribution in [0.15, 0.2) is 48.5 Å². The minimum Gasteiger partial charge on any atom is -0.370 e. The van der Waals surface area contributed by atoms with E-state index in [4.69, 9.17) is 13.1 Å². The molecule has 5 aromatic rings. The third-order valence-electron chi connectivity index (χ3n) is 5.18. The Labute approximate surface area is 170 Å². The van der Waals surface area contributed by atoms with Gasteiger partial charge in [0.05, 0.1) is 11.1 Å². The van der Waals surface area contributed by atoms with Crippen LogP contribution in [0.2, 0.25) is 0 Å². The van der Waals surface area contributed by atoms with Gasteiger partial charge in [-0.25, -0.2) is 0 Å². The Morgan fingerprint density at radius 3 is 1.93 bits per heavy atom. The van der Waals surface area contributed by atoms with Gasteiger partial charge in [-0.15, -0.1) is 9.97 Å². The Bertz CT molecular complexity index is 1740. The van der Waals surface area contributed by atoms with Crippen molar-refractivity contribution < 1.29 is 0 Å². The maximum absolute atomic E-state index is 9.56. The van der Waals surface area contributed by atoms with E-state index < -0.39 is 0 Å². The lowest BCUT2D eigenvalue weighted by molar-refractivity contribution is 1.35. The van der Waals surface area contributed by atoms with Gasteiger partial charge in [-0.05, 0) is 34.4 Å². The molecule has 0 aliphatic heterocycles. The normalized spacial score (nSPS) is 10.5. The van der Waals surface area contributed by atoms with E-state index in [1.54, 1.807) is 12.1 Å². The number of hydrogen-bond donors (Lipinski definition) is 0. The molecule has 0 aliphatic carbocycles. The average molecular weight is 380 g/mol. The summed E-state index contributed by atoms with van der Waals surface area (Å²) in [5.74, 6) is -0.137. The Morgan fingerprint density at radius 2 is 1.30 bits per heavy atom. The van der Waals surface area contributed by atoms with Crippen molar-refractivity contribution in [3.8, 4) is 12.1 Å². The summed E-state index contributed by atoms with van der Waals surface area (Å²) in [5.41, 5.74) is 1.43. The van der Waals surface area contributed by atoms with Gasteiger partial charge in [-0.2, -0.15) is 10.5 Å². The lowest BCUT2D eigenvalue weighted by atomic mass is 9.92. The third-order valence-corrected chi connectivity index (χ3v) is 5.18. The highest BCUT2D eigenvalue weighted by molar-refractivity contribution is 6.30. The molecule has 0 atom stereocenters. The first kappa shape index (κ1) is 17.1. The maximum atomic E-state index is 9.56. The van der Waals surface area contributed by atoms with Crippen LogP contribution < -0.4 is 0 Å². The van der Waals surface area contributed by atoms with Crippen molar-refractivity contribution in [3.63, 3.8) is 0 Å². The zero-order valence-electron chi connectivity index (χ0n) is 15.3. The van der Waals surface area contributed by atoms with Crippen LogP contribution in [0.5, 0.6) is 0 Å². The smallest absolute Gasteiger partial charge is 0.294 e. The second-order valence-corrected chi connectivity index (χ2v) is 6.67. The molecule has 5 rings (SSSR count). The third kappa shape index (κ3) is 2.20. The molecule has 1 heterocycles. The van der Waals surface area contributed by atoms with Crippen LogP contribution in [0.3, 0.4) is 0 Å². The zero-order chi connectivity index (χ0) is 20.8. The van der Waals surface area contributed by atoms with Crippen molar-refractivity contribution in [1.82, 2.24) is 9.97 Å². The van der Waals surface area contributed by atoms with Gasteiger partial charge >= 0.3 is 0 Å². The van der Waals surface area contributed by atoms with E-state index in [2.05, 4.69) is 31.8 Å². The lowest BCUT2D eigenvalue weighted by Gasteiger charge is -2.10. The predicted molar refractivity (Wildman–Crippen MR) is 114 cm³/mol. The first-order valence-electron chi connectivity index (χ1n) is 8.88. The predicted octanol–water partition coefficient (Wildman–Crippen LogP) is 5.93. The zero-order valence-corrected chi connectivity index (χ0v) is 15.3. The van der Waals surface area contributed by atoms with Crippen molar-refractivity contribution >= 4 is 55.0 Å². The second kappa shape index (κ2) is 6.25. The Kier molecular flexibility index (Phi) is 3.56. The summed E-state index contributed by atoms with van der Waals surface area (Å²) >= 11 is 0. The van der Waals surface area contributed by atoms with Crippen LogP contribution in [-0.2, 0) is 0 Å². The molecule has 4 aromatic carbocycles. The van der Waals surface area contributed by atoms with Crippen molar-refractivity contribution in [1.29, 1.82) is 10.5 Å². The summed E-state index contributed by atoms with van der Waals surface area (Å²) in [4.78, 5) is 15.6. The van der Waals surface area contributed by atoms with E-state index in [-0.39, 0.29) is 22.8 Å². The van der Waals surface area contributed by atoms with Gasteiger partial charge in [0.15, 0.2) is 0 Å². The number of aromatic nitrogens is 2. The van der Waals surface area contributed by atoms with Gasteiger partial charge in [0.1, 0.15) is 12.1 Å². The molecular weight excluding hydrogens is 372 g/mol. The SMILES string of the molecule is [C-]#[N+]c1nc2c3cc(C#N)c(C#N)cc3c3c4ccccc4ccc3c2nc1[N+]#[C-]. The van der Waals surface area contributed by atoms with Crippen LogP contribution in [-0.4, -0.2) is 9.97 Å². The molecule has 0 spiro atoms. The van der Waals surface area contributed by atoms with Gasteiger partial charge < -0.3 is 9.69 Å². The highest BCUT2D eigenvalue weighted by Crippen LogP contribution is 2.40. The second-order valence-electron chi connectivity index (χ2n) is 6.67. The van der Waals surface area contributed by atoms with Crippen molar-refractivity contribution in [2.45, 2.75) is 0 Å². The molecule has 0 aliphatic rings. The first-order chi connectivity index (χ1) is 14.7. The molecular formula is C24H8N6. The van der Waals surface area contributed by atoms with Crippen molar-refractivity contribution in [2.75, 3.05) is 0 Å². The highest BCUT2D eigenvalue weighted by Gasteiger charge is 2.22. The Hall–Kier alpha value is -5.04. The van der Waals surface area contributed by atoms with Gasteiger partial charge in [0, 0.05) is 16.2 Å². The molecule has 1 aromatic heterocycles. The monoisotopic (exact) mass is 380 g/mol. The fourth-order valence-corrected chi connectivity index (χ4v) is 3.89. The topological polar surface area (TPSA) is 82.1 Å². The molecule has 0 saturated heterocycles. The number of fused-ring (bicyclic) bond motifs is 8. The summed E-state index contributed by atoms with van der Waals surface area (Å²) < 4.78 is 0. The number of benzene rings is 4. The number of nitrogens with zero attached hydrogens (tertiary/aromatic N) is 6. The van der Waals surface area contributed by atoms with Crippen LogP contribution in [0, 0.1) is 35.8 Å². The number of rotatable bonds is 0. The molecule has 0 N–H and O–H groups in total. The minimum atomic E-state index is -0.0817. The molecule has 0 fully saturated rings. The van der Waals surface area contributed by atoms with Crippen molar-refractivity contribution in [2.24, 2.45) is 0 Å². The summed E-state index contributed by atoms with van der Waals surface area (Å²) in [5, 5.41) is 24.1. The minimum absolute atomic E-state index is 0.0551. The van der Waals surface area contributed by atoms with Crippen LogP contribution in [0.4, 0.5) is 11.6 Å². The van der Waals surface area contributed by atoms with E-state index in [1.807, 2.05) is 36.4 Å². The molecule has 30 heavy (non-hydrogen) atoms. The van der Waals surface area contributed by atoms with Crippen LogP contribution in [0.1, 0.15) is 11.1 Å². The molecule has 0 saturated carbocycles. The summed E-state index contributed by atoms with van der Waals surface area (Å²) in [6.45, 7) is 14.8. The largest absolute Gasteiger partial charge is 0.370 e. The Balaban J connectivity index is 2.19. The summed E-state index contributed by atoms with van der Waals surface area (Å²) in [6.07, 6.45) is 0. The van der Waals surface area contributed by atoms with E-state index in [1.165, 1.54) is 0 Å². The molecule has 134 valence electrons. The number of nitriles is 2. The maximum Gasteiger partial charge on any atom is 0.294 e. The summed E-state index contributed by atoms with van der Waals surface area (Å²) in [7, 11) is 0. The number of hydrogen-bond acceptors (Lipinski definition) is 4. The van der Waals surface area contributed by atoms with Gasteiger partial charge in [-0.3, -0.25) is 0 Å². The highest BCUT2D eigenvalue weighted by atomic mass is 15.0. The van der Waals surface area contributed by atoms with Crippen LogP contribution >= 0.6 is 0 Å². The molecule has 0 unspecified atom stereocenters. The lowest BCUT2D eigenvalue weighted by Crippen LogP contribution is -1.93. The van der Waals surface area contributed by atoms with Gasteiger partial charge in [0.2, 0.25) is 11.0 Å². The standard InChI is InChI=1S/C24H8N6/c1-27-23-24(28-2)30-22-19-10-15(12-26)14(11-25)9-18(19)20-16-6-4-3-5-13(16)7-8-17(20)21(22)29-23/h3-10H. The fraction of sp³-hybridized carbons (Fsp3) is 0. The van der Waals surface area contributed by atoms with Gasteiger partial charge in [-0.1, -0.05) is 43.5 Å². The quantitative estimate of drug-likeness (QED) is 0.246. The Morgan fingerprint density at radius 1 is 0.700 bits per heavy atom. The van der Waals surface area contributed by atoms with E-state index in [9.17, 15) is 10.5 Å². The van der Waals surface area contributed by atoms with E-state index in [0.717, 1.165) is 26.9 Å². The summed E-state index contributed by atoms with van der Waals surface area (Å²) in [6, 6.07) is 19.2. The molecule has 6 heteroatoms. The molecule has 0 bridgehead atoms. The first-order valence-corrected chi connectivity index (χ1v) is 8.88. The molecule has 6 nitrogen and oxygen atoms in total. The fourth-order valence-electron chi connectivity index (χ4n) is 3.89. The molecule has 0 amide bonds. The van der Waals surface area contributed by atoms with Crippen molar-refractivity contribution in [3.05, 3.63) is 82.5 Å². The van der Waals surface area contributed by atoms with E-state index >= 15 is 0 Å². The van der Waals surface area contributed by atoms with E-state index in [0.29, 0.717) is 16.4 Å².